The van der Waals surface area contributed by atoms with Crippen LogP contribution in [0.15, 0.2) is 0 Å². The van der Waals surface area contributed by atoms with Crippen molar-refractivity contribution in [2.45, 2.75) is 38.1 Å². The molecule has 0 spiro atoms. The SMILES string of the molecule is CNCC(C)S(=O)(=O)N1CC(C)N(C)C(C)C1. The van der Waals surface area contributed by atoms with E-state index >= 15 is 0 Å². The molecule has 0 bridgehead atoms. The third kappa shape index (κ3) is 3.19. The number of piperazine rings is 1. The van der Waals surface area contributed by atoms with Crippen LogP contribution in [0.25, 0.3) is 0 Å². The fourth-order valence-corrected chi connectivity index (χ4v) is 3.94. The smallest absolute Gasteiger partial charge is 0.218 e. The Morgan fingerprint density at radius 2 is 1.76 bits per heavy atom. The van der Waals surface area contributed by atoms with Gasteiger partial charge in [-0.3, -0.25) is 4.90 Å². The van der Waals surface area contributed by atoms with Crippen molar-refractivity contribution < 1.29 is 8.42 Å². The molecule has 1 heterocycles. The number of rotatable bonds is 4. The van der Waals surface area contributed by atoms with Gasteiger partial charge in [-0.15, -0.1) is 0 Å². The third-order valence-electron chi connectivity index (χ3n) is 3.69. The molecular weight excluding hydrogens is 238 g/mol. The molecule has 1 aliphatic heterocycles. The molecule has 0 aromatic rings. The summed E-state index contributed by atoms with van der Waals surface area (Å²) >= 11 is 0. The number of nitrogens with one attached hydrogen (secondary N) is 1. The fourth-order valence-electron chi connectivity index (χ4n) is 2.21. The van der Waals surface area contributed by atoms with Crippen LogP contribution in [-0.4, -0.2) is 68.7 Å². The molecule has 0 aromatic heterocycles. The second-order valence-electron chi connectivity index (χ2n) is 5.09. The number of nitrogens with zero attached hydrogens (tertiary/aromatic N) is 2. The van der Waals surface area contributed by atoms with Gasteiger partial charge in [-0.25, -0.2) is 8.42 Å². The van der Waals surface area contributed by atoms with Crippen molar-refractivity contribution in [1.82, 2.24) is 14.5 Å². The van der Waals surface area contributed by atoms with Crippen molar-refractivity contribution in [3.05, 3.63) is 0 Å². The van der Waals surface area contributed by atoms with E-state index in [1.165, 1.54) is 0 Å². The van der Waals surface area contributed by atoms with Crippen molar-refractivity contribution in [2.24, 2.45) is 0 Å². The first-order valence-electron chi connectivity index (χ1n) is 6.16. The molecule has 0 amide bonds. The molecule has 1 aliphatic rings. The molecule has 0 aromatic carbocycles. The van der Waals surface area contributed by atoms with Crippen LogP contribution in [0.3, 0.4) is 0 Å². The summed E-state index contributed by atoms with van der Waals surface area (Å²) in [5.74, 6) is 0. The Labute approximate surface area is 105 Å². The predicted octanol–water partition coefficient (Wildman–Crippen LogP) is -0.0515. The number of hydrogen-bond acceptors (Lipinski definition) is 4. The van der Waals surface area contributed by atoms with E-state index in [2.05, 4.69) is 31.1 Å². The highest BCUT2D eigenvalue weighted by atomic mass is 32.2. The molecule has 3 atom stereocenters. The molecule has 0 saturated carbocycles. The minimum Gasteiger partial charge on any atom is -0.318 e. The van der Waals surface area contributed by atoms with Gasteiger partial charge in [-0.1, -0.05) is 0 Å². The minimum absolute atomic E-state index is 0.273. The lowest BCUT2D eigenvalue weighted by Crippen LogP contribution is -2.58. The average Bonchev–Trinajstić information content (AvgIpc) is 2.25. The van der Waals surface area contributed by atoms with Crippen LogP contribution in [0.2, 0.25) is 0 Å². The van der Waals surface area contributed by atoms with E-state index in [4.69, 9.17) is 0 Å². The van der Waals surface area contributed by atoms with Gasteiger partial charge >= 0.3 is 0 Å². The quantitative estimate of drug-likeness (QED) is 0.772. The lowest BCUT2D eigenvalue weighted by molar-refractivity contribution is 0.105. The van der Waals surface area contributed by atoms with E-state index in [0.29, 0.717) is 19.6 Å². The molecule has 102 valence electrons. The van der Waals surface area contributed by atoms with Crippen molar-refractivity contribution in [3.8, 4) is 0 Å². The van der Waals surface area contributed by atoms with Crippen LogP contribution in [0.4, 0.5) is 0 Å². The van der Waals surface area contributed by atoms with Crippen LogP contribution < -0.4 is 5.32 Å². The summed E-state index contributed by atoms with van der Waals surface area (Å²) in [5.41, 5.74) is 0. The average molecular weight is 263 g/mol. The molecule has 1 saturated heterocycles. The zero-order valence-electron chi connectivity index (χ0n) is 11.5. The van der Waals surface area contributed by atoms with Gasteiger partial charge in [0.25, 0.3) is 0 Å². The molecule has 1 fully saturated rings. The van der Waals surface area contributed by atoms with Gasteiger partial charge in [-0.05, 0) is 34.9 Å². The van der Waals surface area contributed by atoms with E-state index in [1.807, 2.05) is 0 Å². The second-order valence-corrected chi connectivity index (χ2v) is 7.44. The second kappa shape index (κ2) is 5.65. The maximum absolute atomic E-state index is 12.3. The number of sulfonamides is 1. The monoisotopic (exact) mass is 263 g/mol. The Kier molecular flexibility index (Phi) is 4.95. The molecule has 6 heteroatoms. The highest BCUT2D eigenvalue weighted by Gasteiger charge is 2.35. The van der Waals surface area contributed by atoms with Gasteiger partial charge in [0.15, 0.2) is 0 Å². The summed E-state index contributed by atoms with van der Waals surface area (Å²) < 4.78 is 26.3. The first-order chi connectivity index (χ1) is 7.80. The van der Waals surface area contributed by atoms with Crippen molar-refractivity contribution in [3.63, 3.8) is 0 Å². The Hall–Kier alpha value is -0.170. The zero-order chi connectivity index (χ0) is 13.2. The topological polar surface area (TPSA) is 52.7 Å². The summed E-state index contributed by atoms with van der Waals surface area (Å²) in [5, 5.41) is 2.56. The highest BCUT2D eigenvalue weighted by molar-refractivity contribution is 7.89. The molecular formula is C11H25N3O2S. The van der Waals surface area contributed by atoms with Crippen LogP contribution in [0.1, 0.15) is 20.8 Å². The van der Waals surface area contributed by atoms with E-state index in [0.717, 1.165) is 0 Å². The van der Waals surface area contributed by atoms with Gasteiger partial charge < -0.3 is 5.32 Å². The first kappa shape index (κ1) is 14.9. The summed E-state index contributed by atoms with van der Waals surface area (Å²) in [7, 11) is 0.662. The Bertz CT molecular complexity index is 333. The molecule has 0 radical (unpaired) electrons. The van der Waals surface area contributed by atoms with E-state index in [-0.39, 0.29) is 17.3 Å². The van der Waals surface area contributed by atoms with Crippen molar-refractivity contribution >= 4 is 10.0 Å². The molecule has 1 N–H and O–H groups in total. The lowest BCUT2D eigenvalue weighted by Gasteiger charge is -2.42. The third-order valence-corrected chi connectivity index (χ3v) is 5.89. The number of likely N-dealkylation sites (N-methyl/N-ethyl adjacent to an activating group) is 1. The van der Waals surface area contributed by atoms with E-state index < -0.39 is 10.0 Å². The fraction of sp³-hybridized carbons (Fsp3) is 1.00. The maximum Gasteiger partial charge on any atom is 0.218 e. The largest absolute Gasteiger partial charge is 0.318 e. The van der Waals surface area contributed by atoms with Crippen molar-refractivity contribution in [1.29, 1.82) is 0 Å². The molecule has 0 aliphatic carbocycles. The Balaban J connectivity index is 2.79. The van der Waals surface area contributed by atoms with Gasteiger partial charge in [0.2, 0.25) is 10.0 Å². The molecule has 3 unspecified atom stereocenters. The van der Waals surface area contributed by atoms with E-state index in [1.54, 1.807) is 18.3 Å². The van der Waals surface area contributed by atoms with Gasteiger partial charge in [0.1, 0.15) is 0 Å². The van der Waals surface area contributed by atoms with E-state index in [9.17, 15) is 8.42 Å². The van der Waals surface area contributed by atoms with Crippen molar-refractivity contribution in [2.75, 3.05) is 33.7 Å². The minimum atomic E-state index is -3.17. The maximum atomic E-state index is 12.3. The summed E-state index contributed by atoms with van der Waals surface area (Å²) in [6.07, 6.45) is 0. The normalized spacial score (nSPS) is 30.4. The molecule has 17 heavy (non-hydrogen) atoms. The summed E-state index contributed by atoms with van der Waals surface area (Å²) in [4.78, 5) is 2.23. The van der Waals surface area contributed by atoms with Crippen LogP contribution in [0, 0.1) is 0 Å². The highest BCUT2D eigenvalue weighted by Crippen LogP contribution is 2.18. The molecule has 5 nitrogen and oxygen atoms in total. The predicted molar refractivity (Wildman–Crippen MR) is 70.6 cm³/mol. The molecule has 1 rings (SSSR count). The standard InChI is InChI=1S/C11H25N3O2S/c1-9-7-14(8-10(2)13(9)5)17(15,16)11(3)6-12-4/h9-12H,6-8H2,1-5H3. The Morgan fingerprint density at radius 3 is 2.18 bits per heavy atom. The van der Waals surface area contributed by atoms with Gasteiger partial charge in [-0.2, -0.15) is 4.31 Å². The summed E-state index contributed by atoms with van der Waals surface area (Å²) in [6, 6.07) is 0.547. The van der Waals surface area contributed by atoms with Gasteiger partial charge in [0, 0.05) is 31.7 Å². The zero-order valence-corrected chi connectivity index (χ0v) is 12.3. The van der Waals surface area contributed by atoms with Crippen LogP contribution in [0.5, 0.6) is 0 Å². The van der Waals surface area contributed by atoms with Crippen LogP contribution >= 0.6 is 0 Å². The van der Waals surface area contributed by atoms with Crippen LogP contribution in [-0.2, 0) is 10.0 Å². The Morgan fingerprint density at radius 1 is 1.29 bits per heavy atom. The van der Waals surface area contributed by atoms with Gasteiger partial charge in [0.05, 0.1) is 5.25 Å². The lowest BCUT2D eigenvalue weighted by atomic mass is 10.1. The summed E-state index contributed by atoms with van der Waals surface area (Å²) in [6.45, 7) is 7.59. The first-order valence-corrected chi connectivity index (χ1v) is 7.66. The number of hydrogen-bond donors (Lipinski definition) is 1.